The van der Waals surface area contributed by atoms with Crippen LogP contribution in [0, 0.1) is 36.5 Å². The lowest BCUT2D eigenvalue weighted by Gasteiger charge is -2.09. The molecule has 0 radical (unpaired) electrons. The standard InChI is InChI=1S/C24H19N3O4S/c1-15-16(2)31-23(20(15)12-26)27-22(28)13-30-24(29)19-5-3-4-6-21(19)32-14-18-9-7-17(11-25)8-10-18/h3-10H,13-14H2,1-2H3,(H,27,28). The number of hydrogen-bond acceptors (Lipinski definition) is 7. The van der Waals surface area contributed by atoms with E-state index in [1.807, 2.05) is 24.3 Å². The second-order valence-electron chi connectivity index (χ2n) is 6.82. The normalized spacial score (nSPS) is 10.1. The Labute approximate surface area is 189 Å². The van der Waals surface area contributed by atoms with Crippen LogP contribution in [0.3, 0.4) is 0 Å². The van der Waals surface area contributed by atoms with Crippen LogP contribution in [0.4, 0.5) is 5.88 Å². The molecule has 0 saturated carbocycles. The summed E-state index contributed by atoms with van der Waals surface area (Å²) < 4.78 is 10.6. The van der Waals surface area contributed by atoms with Crippen LogP contribution in [0.2, 0.25) is 0 Å². The highest BCUT2D eigenvalue weighted by atomic mass is 32.2. The molecule has 7 nitrogen and oxygen atoms in total. The predicted molar refractivity (Wildman–Crippen MR) is 119 cm³/mol. The van der Waals surface area contributed by atoms with Crippen LogP contribution in [0.1, 0.15) is 38.4 Å². The van der Waals surface area contributed by atoms with E-state index in [2.05, 4.69) is 11.4 Å². The summed E-state index contributed by atoms with van der Waals surface area (Å²) in [5.74, 6) is -0.0596. The van der Waals surface area contributed by atoms with E-state index in [1.165, 1.54) is 11.8 Å². The van der Waals surface area contributed by atoms with Crippen LogP contribution in [0.5, 0.6) is 0 Å². The number of benzene rings is 2. The molecule has 0 bridgehead atoms. The van der Waals surface area contributed by atoms with Gasteiger partial charge in [-0.3, -0.25) is 10.1 Å². The molecule has 0 aliphatic rings. The molecule has 1 aromatic heterocycles. The lowest BCUT2D eigenvalue weighted by molar-refractivity contribution is -0.119. The second kappa shape index (κ2) is 10.3. The summed E-state index contributed by atoms with van der Waals surface area (Å²) in [5, 5.41) is 20.6. The van der Waals surface area contributed by atoms with Gasteiger partial charge in [0.2, 0.25) is 5.88 Å². The topological polar surface area (TPSA) is 116 Å². The smallest absolute Gasteiger partial charge is 0.339 e. The second-order valence-corrected chi connectivity index (χ2v) is 7.83. The van der Waals surface area contributed by atoms with E-state index in [1.54, 1.807) is 44.2 Å². The maximum Gasteiger partial charge on any atom is 0.339 e. The Bertz CT molecular complexity index is 1230. The van der Waals surface area contributed by atoms with E-state index in [-0.39, 0.29) is 11.4 Å². The van der Waals surface area contributed by atoms with Crippen molar-refractivity contribution in [2.45, 2.75) is 24.5 Å². The number of amides is 1. The Morgan fingerprint density at radius 3 is 2.47 bits per heavy atom. The van der Waals surface area contributed by atoms with Crippen molar-refractivity contribution in [1.29, 1.82) is 10.5 Å². The first-order valence-corrected chi connectivity index (χ1v) is 10.6. The van der Waals surface area contributed by atoms with Gasteiger partial charge in [-0.2, -0.15) is 10.5 Å². The summed E-state index contributed by atoms with van der Waals surface area (Å²) in [4.78, 5) is 25.5. The third kappa shape index (κ3) is 5.37. The molecule has 0 saturated heterocycles. The van der Waals surface area contributed by atoms with E-state index < -0.39 is 18.5 Å². The average molecular weight is 446 g/mol. The number of nitrogens with one attached hydrogen (secondary N) is 1. The van der Waals surface area contributed by atoms with Gasteiger partial charge in [0.15, 0.2) is 6.61 Å². The fourth-order valence-corrected chi connectivity index (χ4v) is 3.82. The zero-order chi connectivity index (χ0) is 23.1. The van der Waals surface area contributed by atoms with Crippen LogP contribution in [0.15, 0.2) is 57.8 Å². The molecule has 0 atom stereocenters. The van der Waals surface area contributed by atoms with Crippen LogP contribution in [-0.4, -0.2) is 18.5 Å². The molecule has 8 heteroatoms. The SMILES string of the molecule is Cc1oc(NC(=O)COC(=O)c2ccccc2SCc2ccc(C#N)cc2)c(C#N)c1C. The molecule has 3 rings (SSSR count). The number of hydrogen-bond donors (Lipinski definition) is 1. The number of anilines is 1. The van der Waals surface area contributed by atoms with Crippen LogP contribution in [-0.2, 0) is 15.3 Å². The predicted octanol–water partition coefficient (Wildman–Crippen LogP) is 4.73. The first-order valence-electron chi connectivity index (χ1n) is 9.61. The maximum atomic E-state index is 12.6. The van der Waals surface area contributed by atoms with Gasteiger partial charge in [-0.15, -0.1) is 11.8 Å². The maximum absolute atomic E-state index is 12.6. The quantitative estimate of drug-likeness (QED) is 0.413. The zero-order valence-electron chi connectivity index (χ0n) is 17.5. The van der Waals surface area contributed by atoms with Crippen molar-refractivity contribution in [2.75, 3.05) is 11.9 Å². The number of aryl methyl sites for hydroxylation is 1. The third-order valence-corrected chi connectivity index (χ3v) is 5.81. The summed E-state index contributed by atoms with van der Waals surface area (Å²) in [6, 6.07) is 18.3. The molecule has 2 aromatic carbocycles. The Hall–Kier alpha value is -4.01. The van der Waals surface area contributed by atoms with Gasteiger partial charge in [-0.05, 0) is 43.7 Å². The number of carbonyl (C=O) groups is 2. The minimum Gasteiger partial charge on any atom is -0.452 e. The number of rotatable bonds is 7. The fourth-order valence-electron chi connectivity index (χ4n) is 2.82. The molecular weight excluding hydrogens is 426 g/mol. The molecule has 1 amide bonds. The van der Waals surface area contributed by atoms with E-state index >= 15 is 0 Å². The highest BCUT2D eigenvalue weighted by Gasteiger charge is 2.19. The van der Waals surface area contributed by atoms with Gasteiger partial charge in [0.1, 0.15) is 17.4 Å². The number of ether oxygens (including phenoxy) is 1. The molecule has 160 valence electrons. The van der Waals surface area contributed by atoms with E-state index in [9.17, 15) is 14.9 Å². The summed E-state index contributed by atoms with van der Waals surface area (Å²) in [6.45, 7) is 2.90. The largest absolute Gasteiger partial charge is 0.452 e. The molecule has 1 N–H and O–H groups in total. The van der Waals surface area contributed by atoms with E-state index in [0.29, 0.717) is 33.1 Å². The average Bonchev–Trinajstić information content (AvgIpc) is 3.08. The van der Waals surface area contributed by atoms with Crippen molar-refractivity contribution in [3.63, 3.8) is 0 Å². The van der Waals surface area contributed by atoms with E-state index in [4.69, 9.17) is 14.4 Å². The van der Waals surface area contributed by atoms with Crippen molar-refractivity contribution in [2.24, 2.45) is 0 Å². The van der Waals surface area contributed by atoms with Crippen molar-refractivity contribution < 1.29 is 18.7 Å². The molecule has 3 aromatic rings. The van der Waals surface area contributed by atoms with Crippen molar-refractivity contribution >= 4 is 29.5 Å². The molecule has 0 unspecified atom stereocenters. The van der Waals surface area contributed by atoms with Crippen molar-refractivity contribution in [3.05, 3.63) is 82.1 Å². The molecule has 0 spiro atoms. The fraction of sp³-hybridized carbons (Fsp3) is 0.167. The number of nitriles is 2. The first-order chi connectivity index (χ1) is 15.4. The van der Waals surface area contributed by atoms with Gasteiger partial charge in [0.25, 0.3) is 5.91 Å². The first kappa shape index (κ1) is 22.7. The van der Waals surface area contributed by atoms with Gasteiger partial charge in [-0.1, -0.05) is 24.3 Å². The Balaban J connectivity index is 1.60. The number of carbonyl (C=O) groups excluding carboxylic acids is 2. The molecule has 0 aliphatic heterocycles. The minimum atomic E-state index is -0.629. The van der Waals surface area contributed by atoms with Crippen molar-refractivity contribution in [3.8, 4) is 12.1 Å². The van der Waals surface area contributed by atoms with Crippen molar-refractivity contribution in [1.82, 2.24) is 0 Å². The highest BCUT2D eigenvalue weighted by molar-refractivity contribution is 7.98. The molecular formula is C24H19N3O4S. The minimum absolute atomic E-state index is 0.0434. The molecule has 32 heavy (non-hydrogen) atoms. The molecule has 0 aliphatic carbocycles. The molecule has 1 heterocycles. The summed E-state index contributed by atoms with van der Waals surface area (Å²) in [6.07, 6.45) is 0. The number of nitrogens with zero attached hydrogens (tertiary/aromatic N) is 2. The Morgan fingerprint density at radius 1 is 1.06 bits per heavy atom. The summed E-state index contributed by atoms with van der Waals surface area (Å²) >= 11 is 1.45. The Morgan fingerprint density at radius 2 is 1.78 bits per heavy atom. The monoisotopic (exact) mass is 445 g/mol. The zero-order valence-corrected chi connectivity index (χ0v) is 18.3. The van der Waals surface area contributed by atoms with Gasteiger partial charge >= 0.3 is 5.97 Å². The third-order valence-electron chi connectivity index (χ3n) is 4.67. The number of furan rings is 1. The van der Waals surface area contributed by atoms with Gasteiger partial charge in [0, 0.05) is 16.2 Å². The van der Waals surface area contributed by atoms with Crippen LogP contribution < -0.4 is 5.32 Å². The Kier molecular flexibility index (Phi) is 7.33. The molecule has 0 fully saturated rings. The van der Waals surface area contributed by atoms with Gasteiger partial charge in [0.05, 0.1) is 17.2 Å². The van der Waals surface area contributed by atoms with Gasteiger partial charge in [-0.25, -0.2) is 4.79 Å². The lowest BCUT2D eigenvalue weighted by atomic mass is 10.2. The van der Waals surface area contributed by atoms with Gasteiger partial charge < -0.3 is 9.15 Å². The number of thioether (sulfide) groups is 1. The number of esters is 1. The van der Waals surface area contributed by atoms with Crippen LogP contribution >= 0.6 is 11.8 Å². The van der Waals surface area contributed by atoms with Crippen LogP contribution in [0.25, 0.3) is 0 Å². The summed E-state index contributed by atoms with van der Waals surface area (Å²) in [7, 11) is 0. The highest BCUT2D eigenvalue weighted by Crippen LogP contribution is 2.27. The summed E-state index contributed by atoms with van der Waals surface area (Å²) in [5.41, 5.74) is 2.83. The van der Waals surface area contributed by atoms with E-state index in [0.717, 1.165) is 5.56 Å². The lowest BCUT2D eigenvalue weighted by Crippen LogP contribution is -2.21.